The lowest BCUT2D eigenvalue weighted by Gasteiger charge is -2.15. The minimum atomic E-state index is -1.03. The number of carbonyl (C=O) groups excluding carboxylic acids is 3. The first-order valence-corrected chi connectivity index (χ1v) is 8.85. The van der Waals surface area contributed by atoms with Gasteiger partial charge in [-0.25, -0.2) is 4.79 Å². The van der Waals surface area contributed by atoms with Crippen molar-refractivity contribution in [2.24, 2.45) is 5.73 Å². The second-order valence-electron chi connectivity index (χ2n) is 6.22. The lowest BCUT2D eigenvalue weighted by molar-refractivity contribution is -0.155. The molecule has 0 unspecified atom stereocenters. The van der Waals surface area contributed by atoms with Gasteiger partial charge in [0, 0.05) is 16.3 Å². The first-order valence-electron chi connectivity index (χ1n) is 8.47. The predicted octanol–water partition coefficient (Wildman–Crippen LogP) is 3.00. The second-order valence-corrected chi connectivity index (χ2v) is 6.66. The van der Waals surface area contributed by atoms with Gasteiger partial charge in [-0.1, -0.05) is 11.6 Å². The van der Waals surface area contributed by atoms with Crippen LogP contribution in [0.2, 0.25) is 5.02 Å². The average Bonchev–Trinajstić information content (AvgIpc) is 2.61. The molecule has 0 spiro atoms. The Kier molecular flexibility index (Phi) is 7.00. The van der Waals surface area contributed by atoms with Crippen molar-refractivity contribution < 1.29 is 23.9 Å². The number of ether oxygens (including phenoxy) is 2. The van der Waals surface area contributed by atoms with Crippen molar-refractivity contribution in [1.29, 1.82) is 0 Å². The van der Waals surface area contributed by atoms with Gasteiger partial charge >= 0.3 is 5.97 Å². The van der Waals surface area contributed by atoms with Gasteiger partial charge in [0.25, 0.3) is 5.91 Å². The summed E-state index contributed by atoms with van der Waals surface area (Å²) in [6.45, 7) is 4.75. The second kappa shape index (κ2) is 9.23. The number of halogens is 1. The number of anilines is 1. The van der Waals surface area contributed by atoms with E-state index in [1.165, 1.54) is 31.2 Å². The molecule has 0 aliphatic heterocycles. The molecule has 0 aromatic heterocycles. The van der Waals surface area contributed by atoms with Crippen LogP contribution in [0.4, 0.5) is 5.69 Å². The van der Waals surface area contributed by atoms with Crippen LogP contribution < -0.4 is 15.8 Å². The fourth-order valence-corrected chi connectivity index (χ4v) is 2.83. The lowest BCUT2D eigenvalue weighted by atomic mass is 10.1. The SMILES string of the molecule is Cc1cc(Cl)cc(C)c1OCC(=O)O[C@@H](C)C(=O)Nc1ccc(C(N)=O)cc1. The van der Waals surface area contributed by atoms with Gasteiger partial charge in [0.2, 0.25) is 5.91 Å². The van der Waals surface area contributed by atoms with Crippen LogP contribution in [0.5, 0.6) is 5.75 Å². The van der Waals surface area contributed by atoms with E-state index in [1.807, 2.05) is 13.8 Å². The van der Waals surface area contributed by atoms with Crippen LogP contribution in [0.15, 0.2) is 36.4 Å². The Hall–Kier alpha value is -3.06. The average molecular weight is 405 g/mol. The van der Waals surface area contributed by atoms with E-state index in [0.29, 0.717) is 22.0 Å². The molecule has 2 amide bonds. The van der Waals surface area contributed by atoms with Crippen LogP contribution in [-0.4, -0.2) is 30.5 Å². The van der Waals surface area contributed by atoms with Crippen LogP contribution in [-0.2, 0) is 14.3 Å². The molecule has 0 aliphatic rings. The number of rotatable bonds is 7. The molecule has 0 bridgehead atoms. The third kappa shape index (κ3) is 5.72. The van der Waals surface area contributed by atoms with Gasteiger partial charge in [0.1, 0.15) is 5.75 Å². The minimum absolute atomic E-state index is 0.322. The molecule has 2 aromatic rings. The molecular formula is C20H21ClN2O5. The Morgan fingerprint density at radius 1 is 1.11 bits per heavy atom. The highest BCUT2D eigenvalue weighted by molar-refractivity contribution is 6.30. The molecule has 28 heavy (non-hydrogen) atoms. The quantitative estimate of drug-likeness (QED) is 0.689. The lowest BCUT2D eigenvalue weighted by Crippen LogP contribution is -2.31. The summed E-state index contributed by atoms with van der Waals surface area (Å²) in [7, 11) is 0. The van der Waals surface area contributed by atoms with E-state index in [0.717, 1.165) is 11.1 Å². The maximum absolute atomic E-state index is 12.2. The Morgan fingerprint density at radius 2 is 1.68 bits per heavy atom. The smallest absolute Gasteiger partial charge is 0.344 e. The summed E-state index contributed by atoms with van der Waals surface area (Å²) in [4.78, 5) is 35.2. The first-order chi connectivity index (χ1) is 13.2. The standard InChI is InChI=1S/C20H21ClN2O5/c1-11-8-15(21)9-12(2)18(11)27-10-17(24)28-13(3)20(26)23-16-6-4-14(5-7-16)19(22)25/h4-9,13H,10H2,1-3H3,(H2,22,25)(H,23,26)/t13-/m0/s1. The highest BCUT2D eigenvalue weighted by Gasteiger charge is 2.19. The van der Waals surface area contributed by atoms with Gasteiger partial charge in [-0.05, 0) is 68.3 Å². The van der Waals surface area contributed by atoms with Crippen molar-refractivity contribution in [3.8, 4) is 5.75 Å². The summed E-state index contributed by atoms with van der Waals surface area (Å²) >= 11 is 5.96. The van der Waals surface area contributed by atoms with Gasteiger partial charge in [-0.15, -0.1) is 0 Å². The van der Waals surface area contributed by atoms with Crippen molar-refractivity contribution in [3.63, 3.8) is 0 Å². The van der Waals surface area contributed by atoms with Crippen LogP contribution in [0.25, 0.3) is 0 Å². The molecule has 7 nitrogen and oxygen atoms in total. The van der Waals surface area contributed by atoms with Crippen molar-refractivity contribution in [1.82, 2.24) is 0 Å². The van der Waals surface area contributed by atoms with Gasteiger partial charge in [-0.2, -0.15) is 0 Å². The van der Waals surface area contributed by atoms with E-state index in [1.54, 1.807) is 12.1 Å². The van der Waals surface area contributed by atoms with Gasteiger partial charge in [0.15, 0.2) is 12.7 Å². The molecule has 0 fully saturated rings. The van der Waals surface area contributed by atoms with E-state index in [9.17, 15) is 14.4 Å². The van der Waals surface area contributed by atoms with Crippen LogP contribution in [0.3, 0.4) is 0 Å². The predicted molar refractivity (Wildman–Crippen MR) is 106 cm³/mol. The number of esters is 1. The monoisotopic (exact) mass is 404 g/mol. The zero-order valence-electron chi connectivity index (χ0n) is 15.7. The summed E-state index contributed by atoms with van der Waals surface area (Å²) in [5.74, 6) is -1.21. The fraction of sp³-hybridized carbons (Fsp3) is 0.250. The van der Waals surface area contributed by atoms with E-state index < -0.39 is 23.9 Å². The number of hydrogen-bond donors (Lipinski definition) is 2. The number of aryl methyl sites for hydroxylation is 2. The van der Waals surface area contributed by atoms with Gasteiger partial charge < -0.3 is 20.5 Å². The van der Waals surface area contributed by atoms with E-state index in [2.05, 4.69) is 5.32 Å². The molecule has 2 rings (SSSR count). The summed E-state index contributed by atoms with van der Waals surface area (Å²) in [6.07, 6.45) is -1.03. The third-order valence-corrected chi connectivity index (χ3v) is 4.09. The number of nitrogens with two attached hydrogens (primary N) is 1. The fourth-order valence-electron chi connectivity index (χ4n) is 2.50. The molecule has 0 saturated heterocycles. The number of benzene rings is 2. The zero-order chi connectivity index (χ0) is 20.8. The van der Waals surface area contributed by atoms with Crippen LogP contribution in [0.1, 0.15) is 28.4 Å². The Bertz CT molecular complexity index is 873. The first kappa shape index (κ1) is 21.2. The number of carbonyl (C=O) groups is 3. The van der Waals surface area contributed by atoms with Crippen molar-refractivity contribution in [2.75, 3.05) is 11.9 Å². The minimum Gasteiger partial charge on any atom is -0.481 e. The molecule has 0 saturated carbocycles. The molecule has 0 heterocycles. The summed E-state index contributed by atoms with van der Waals surface area (Å²) in [5, 5.41) is 3.17. The molecule has 8 heteroatoms. The molecular weight excluding hydrogens is 384 g/mol. The maximum Gasteiger partial charge on any atom is 0.344 e. The third-order valence-electron chi connectivity index (χ3n) is 3.87. The Balaban J connectivity index is 1.87. The number of nitrogens with one attached hydrogen (secondary N) is 1. The molecule has 2 aromatic carbocycles. The number of amides is 2. The molecule has 3 N–H and O–H groups in total. The molecule has 148 valence electrons. The molecule has 0 aliphatic carbocycles. The molecule has 0 radical (unpaired) electrons. The largest absolute Gasteiger partial charge is 0.481 e. The van der Waals surface area contributed by atoms with Gasteiger partial charge in [0.05, 0.1) is 0 Å². The van der Waals surface area contributed by atoms with E-state index in [-0.39, 0.29) is 6.61 Å². The summed E-state index contributed by atoms with van der Waals surface area (Å²) < 4.78 is 10.6. The van der Waals surface area contributed by atoms with Crippen molar-refractivity contribution in [2.45, 2.75) is 26.9 Å². The maximum atomic E-state index is 12.2. The Labute approximate surface area is 167 Å². The van der Waals surface area contributed by atoms with Gasteiger partial charge in [-0.3, -0.25) is 9.59 Å². The topological polar surface area (TPSA) is 108 Å². The Morgan fingerprint density at radius 3 is 2.21 bits per heavy atom. The summed E-state index contributed by atoms with van der Waals surface area (Å²) in [6, 6.07) is 9.49. The van der Waals surface area contributed by atoms with Crippen LogP contribution in [0, 0.1) is 13.8 Å². The summed E-state index contributed by atoms with van der Waals surface area (Å²) in [5.41, 5.74) is 7.52. The van der Waals surface area contributed by atoms with Crippen molar-refractivity contribution in [3.05, 3.63) is 58.1 Å². The van der Waals surface area contributed by atoms with E-state index >= 15 is 0 Å². The number of primary amides is 1. The van der Waals surface area contributed by atoms with Crippen LogP contribution >= 0.6 is 11.6 Å². The normalized spacial score (nSPS) is 11.4. The van der Waals surface area contributed by atoms with E-state index in [4.69, 9.17) is 26.8 Å². The molecule has 1 atom stereocenters. The highest BCUT2D eigenvalue weighted by Crippen LogP contribution is 2.27. The zero-order valence-corrected chi connectivity index (χ0v) is 16.5. The number of hydrogen-bond acceptors (Lipinski definition) is 5. The van der Waals surface area contributed by atoms with Crippen molar-refractivity contribution >= 4 is 35.1 Å². The highest BCUT2D eigenvalue weighted by atomic mass is 35.5.